The second kappa shape index (κ2) is 9.76. The highest BCUT2D eigenvalue weighted by Gasteiger charge is 2.48. The standard InChI is InChI=1S/C22H29N5O3S/c1-13(2)10-24-22(31)27-18-12-30-19-17(11-29-20(18)19)26-21-23-9-8-16(25-21)14-4-6-15(28-3)7-5-14/h4-9,13,17-20H,10-12H2,1-3H3,(H,23,25,26)(H2,24,27,31). The third kappa shape index (κ3) is 5.23. The maximum Gasteiger partial charge on any atom is 0.223 e. The summed E-state index contributed by atoms with van der Waals surface area (Å²) in [6.07, 6.45) is 1.60. The second-order valence-electron chi connectivity index (χ2n) is 8.20. The predicted octanol–water partition coefficient (Wildman–Crippen LogP) is 2.22. The minimum atomic E-state index is -0.0846. The van der Waals surface area contributed by atoms with E-state index in [0.29, 0.717) is 30.2 Å². The lowest BCUT2D eigenvalue weighted by atomic mass is 10.1. The van der Waals surface area contributed by atoms with Crippen LogP contribution in [0.2, 0.25) is 0 Å². The fourth-order valence-corrected chi connectivity index (χ4v) is 4.01. The molecular weight excluding hydrogens is 414 g/mol. The van der Waals surface area contributed by atoms with Crippen LogP contribution in [0.3, 0.4) is 0 Å². The number of nitrogens with zero attached hydrogens (tertiary/aromatic N) is 2. The molecule has 9 heteroatoms. The lowest BCUT2D eigenvalue weighted by Gasteiger charge is -2.20. The van der Waals surface area contributed by atoms with Crippen molar-refractivity contribution in [1.29, 1.82) is 0 Å². The van der Waals surface area contributed by atoms with Crippen LogP contribution in [0.25, 0.3) is 11.3 Å². The number of hydrogen-bond acceptors (Lipinski definition) is 7. The molecular formula is C22H29N5O3S. The Labute approximate surface area is 188 Å². The number of benzene rings is 1. The smallest absolute Gasteiger partial charge is 0.223 e. The first-order valence-corrected chi connectivity index (χ1v) is 11.0. The van der Waals surface area contributed by atoms with Crippen molar-refractivity contribution >= 4 is 23.3 Å². The van der Waals surface area contributed by atoms with Gasteiger partial charge in [-0.3, -0.25) is 0 Å². The molecule has 0 saturated carbocycles. The zero-order valence-corrected chi connectivity index (χ0v) is 18.8. The zero-order chi connectivity index (χ0) is 21.8. The van der Waals surface area contributed by atoms with Gasteiger partial charge in [-0.05, 0) is 48.5 Å². The number of rotatable bonds is 7. The van der Waals surface area contributed by atoms with E-state index >= 15 is 0 Å². The third-order valence-corrected chi connectivity index (χ3v) is 5.66. The molecule has 2 fully saturated rings. The molecule has 0 amide bonds. The highest BCUT2D eigenvalue weighted by Crippen LogP contribution is 2.29. The molecule has 3 heterocycles. The summed E-state index contributed by atoms with van der Waals surface area (Å²) in [6, 6.07) is 9.67. The first-order valence-electron chi connectivity index (χ1n) is 10.5. The minimum absolute atomic E-state index is 0.0236. The van der Waals surface area contributed by atoms with Gasteiger partial charge in [-0.25, -0.2) is 9.97 Å². The van der Waals surface area contributed by atoms with Gasteiger partial charge >= 0.3 is 0 Å². The van der Waals surface area contributed by atoms with Crippen molar-refractivity contribution in [3.05, 3.63) is 36.5 Å². The topological polar surface area (TPSA) is 89.6 Å². The van der Waals surface area contributed by atoms with Gasteiger partial charge in [0.2, 0.25) is 5.95 Å². The van der Waals surface area contributed by atoms with Crippen LogP contribution in [-0.2, 0) is 9.47 Å². The number of aromatic nitrogens is 2. The van der Waals surface area contributed by atoms with Crippen molar-refractivity contribution in [1.82, 2.24) is 20.6 Å². The van der Waals surface area contributed by atoms with Gasteiger partial charge in [0.1, 0.15) is 18.0 Å². The SMILES string of the molecule is COc1ccc(-c2ccnc(NC3COC4C(NC(=S)NCC(C)C)COC34)n2)cc1. The molecule has 2 saturated heterocycles. The molecule has 8 nitrogen and oxygen atoms in total. The third-order valence-electron chi connectivity index (χ3n) is 5.40. The maximum atomic E-state index is 6.03. The minimum Gasteiger partial charge on any atom is -0.497 e. The number of anilines is 1. The van der Waals surface area contributed by atoms with Crippen molar-refractivity contribution in [3.8, 4) is 17.0 Å². The van der Waals surface area contributed by atoms with Crippen LogP contribution in [0.1, 0.15) is 13.8 Å². The van der Waals surface area contributed by atoms with Crippen molar-refractivity contribution < 1.29 is 14.2 Å². The lowest BCUT2D eigenvalue weighted by Crippen LogP contribution is -2.49. The summed E-state index contributed by atoms with van der Waals surface area (Å²) in [5, 5.41) is 10.6. The van der Waals surface area contributed by atoms with Crippen molar-refractivity contribution in [2.45, 2.75) is 38.1 Å². The highest BCUT2D eigenvalue weighted by molar-refractivity contribution is 7.80. The Kier molecular flexibility index (Phi) is 6.84. The van der Waals surface area contributed by atoms with E-state index in [-0.39, 0.29) is 24.3 Å². The molecule has 166 valence electrons. The van der Waals surface area contributed by atoms with E-state index in [1.165, 1.54) is 0 Å². The molecule has 1 aromatic carbocycles. The Balaban J connectivity index is 1.36. The van der Waals surface area contributed by atoms with E-state index in [2.05, 4.69) is 39.8 Å². The number of thiocarbonyl (C=S) groups is 1. The molecule has 4 atom stereocenters. The molecule has 2 aliphatic heterocycles. The van der Waals surface area contributed by atoms with E-state index in [4.69, 9.17) is 26.4 Å². The largest absolute Gasteiger partial charge is 0.497 e. The van der Waals surface area contributed by atoms with Crippen LogP contribution < -0.4 is 20.7 Å². The summed E-state index contributed by atoms with van der Waals surface area (Å²) in [5.41, 5.74) is 1.83. The predicted molar refractivity (Wildman–Crippen MR) is 123 cm³/mol. The second-order valence-corrected chi connectivity index (χ2v) is 8.60. The normalized spacial score (nSPS) is 24.6. The van der Waals surface area contributed by atoms with Crippen LogP contribution in [0.5, 0.6) is 5.75 Å². The quantitative estimate of drug-likeness (QED) is 0.557. The highest BCUT2D eigenvalue weighted by atomic mass is 32.1. The van der Waals surface area contributed by atoms with Gasteiger partial charge < -0.3 is 30.2 Å². The summed E-state index contributed by atoms with van der Waals surface area (Å²) in [7, 11) is 1.65. The fraction of sp³-hybridized carbons (Fsp3) is 0.500. The Morgan fingerprint density at radius 2 is 1.84 bits per heavy atom. The van der Waals surface area contributed by atoms with Gasteiger partial charge in [0.15, 0.2) is 5.11 Å². The van der Waals surface area contributed by atoms with Crippen molar-refractivity contribution in [2.75, 3.05) is 32.2 Å². The molecule has 2 aromatic rings. The molecule has 1 aromatic heterocycles. The molecule has 0 aliphatic carbocycles. The average molecular weight is 444 g/mol. The Morgan fingerprint density at radius 1 is 1.13 bits per heavy atom. The summed E-state index contributed by atoms with van der Waals surface area (Å²) in [6.45, 7) is 6.19. The van der Waals surface area contributed by atoms with Crippen LogP contribution in [0.4, 0.5) is 5.95 Å². The Morgan fingerprint density at radius 3 is 2.55 bits per heavy atom. The van der Waals surface area contributed by atoms with E-state index in [9.17, 15) is 0 Å². The van der Waals surface area contributed by atoms with Crippen LogP contribution in [-0.4, -0.2) is 66.2 Å². The molecule has 2 aliphatic rings. The molecule has 3 N–H and O–H groups in total. The monoisotopic (exact) mass is 443 g/mol. The number of fused-ring (bicyclic) bond motifs is 1. The van der Waals surface area contributed by atoms with Gasteiger partial charge in [0.05, 0.1) is 38.1 Å². The first-order chi connectivity index (χ1) is 15.0. The zero-order valence-electron chi connectivity index (χ0n) is 18.0. The fourth-order valence-electron chi connectivity index (χ4n) is 3.78. The van der Waals surface area contributed by atoms with Crippen LogP contribution in [0.15, 0.2) is 36.5 Å². The van der Waals surface area contributed by atoms with E-state index in [1.54, 1.807) is 13.3 Å². The molecule has 0 bridgehead atoms. The molecule has 4 rings (SSSR count). The van der Waals surface area contributed by atoms with Gasteiger partial charge in [-0.1, -0.05) is 13.8 Å². The van der Waals surface area contributed by atoms with E-state index in [0.717, 1.165) is 23.6 Å². The summed E-state index contributed by atoms with van der Waals surface area (Å²) < 4.78 is 17.3. The van der Waals surface area contributed by atoms with Gasteiger partial charge in [0.25, 0.3) is 0 Å². The average Bonchev–Trinajstić information content (AvgIpc) is 3.36. The number of methoxy groups -OCH3 is 1. The van der Waals surface area contributed by atoms with E-state index < -0.39 is 0 Å². The van der Waals surface area contributed by atoms with Crippen molar-refractivity contribution in [3.63, 3.8) is 0 Å². The maximum absolute atomic E-state index is 6.03. The Bertz CT molecular complexity index is 895. The number of hydrogen-bond donors (Lipinski definition) is 3. The van der Waals surface area contributed by atoms with Crippen molar-refractivity contribution in [2.24, 2.45) is 5.92 Å². The summed E-state index contributed by atoms with van der Waals surface area (Å²) in [4.78, 5) is 9.04. The molecule has 0 radical (unpaired) electrons. The van der Waals surface area contributed by atoms with Gasteiger partial charge in [-0.15, -0.1) is 0 Å². The number of ether oxygens (including phenoxy) is 3. The first kappa shape index (κ1) is 21.7. The summed E-state index contributed by atoms with van der Waals surface area (Å²) in [5.74, 6) is 1.89. The summed E-state index contributed by atoms with van der Waals surface area (Å²) >= 11 is 5.40. The van der Waals surface area contributed by atoms with Crippen LogP contribution in [0, 0.1) is 5.92 Å². The van der Waals surface area contributed by atoms with Gasteiger partial charge in [0, 0.05) is 18.3 Å². The molecule has 4 unspecified atom stereocenters. The lowest BCUT2D eigenvalue weighted by molar-refractivity contribution is 0.0688. The van der Waals surface area contributed by atoms with Gasteiger partial charge in [-0.2, -0.15) is 0 Å². The van der Waals surface area contributed by atoms with Crippen LogP contribution >= 0.6 is 12.2 Å². The van der Waals surface area contributed by atoms with E-state index in [1.807, 2.05) is 30.3 Å². The number of nitrogens with one attached hydrogen (secondary N) is 3. The Hall–Kier alpha value is -2.49. The molecule has 0 spiro atoms. The molecule has 31 heavy (non-hydrogen) atoms.